The normalized spacial score (nSPS) is 14.1. The van der Waals surface area contributed by atoms with Crippen molar-refractivity contribution in [1.29, 1.82) is 0 Å². The maximum absolute atomic E-state index is 13.6. The summed E-state index contributed by atoms with van der Waals surface area (Å²) in [7, 11) is 0. The van der Waals surface area contributed by atoms with Gasteiger partial charge in [-0.15, -0.1) is 12.4 Å². The van der Waals surface area contributed by atoms with Gasteiger partial charge >= 0.3 is 0 Å². The predicted molar refractivity (Wildman–Crippen MR) is 61.6 cm³/mol. The molecule has 0 unspecified atom stereocenters. The zero-order valence-electron chi connectivity index (χ0n) is 9.21. The highest BCUT2D eigenvalue weighted by Crippen LogP contribution is 2.24. The third-order valence-electron chi connectivity index (χ3n) is 2.49. The Bertz CT molecular complexity index is 360. The monoisotopic (exact) mass is 251 g/mol. The van der Waals surface area contributed by atoms with Gasteiger partial charge in [-0.3, -0.25) is 0 Å². The SMILES string of the molecule is CC[C@H](O)[C@H](N)c1c(F)ccc(C)c1F.Cl. The van der Waals surface area contributed by atoms with E-state index in [0.717, 1.165) is 6.07 Å². The fraction of sp³-hybridized carbons (Fsp3) is 0.455. The van der Waals surface area contributed by atoms with Crippen molar-refractivity contribution in [3.8, 4) is 0 Å². The van der Waals surface area contributed by atoms with Gasteiger partial charge in [-0.1, -0.05) is 13.0 Å². The number of aliphatic hydroxyl groups excluding tert-OH is 1. The van der Waals surface area contributed by atoms with E-state index in [-0.39, 0.29) is 18.0 Å². The van der Waals surface area contributed by atoms with Crippen LogP contribution in [0, 0.1) is 18.6 Å². The molecule has 2 atom stereocenters. The van der Waals surface area contributed by atoms with E-state index in [4.69, 9.17) is 5.73 Å². The molecule has 0 aliphatic carbocycles. The Kier molecular flexibility index (Phi) is 5.86. The Balaban J connectivity index is 0.00000225. The van der Waals surface area contributed by atoms with Gasteiger partial charge in [0.1, 0.15) is 11.6 Å². The van der Waals surface area contributed by atoms with Gasteiger partial charge < -0.3 is 10.8 Å². The first kappa shape index (κ1) is 15.3. The molecular formula is C11H16ClF2NO. The van der Waals surface area contributed by atoms with Crippen LogP contribution in [0.1, 0.15) is 30.5 Å². The fourth-order valence-electron chi connectivity index (χ4n) is 1.43. The van der Waals surface area contributed by atoms with E-state index in [1.165, 1.54) is 13.0 Å². The topological polar surface area (TPSA) is 46.2 Å². The molecule has 0 bridgehead atoms. The number of aliphatic hydroxyl groups is 1. The average Bonchev–Trinajstić information content (AvgIpc) is 2.22. The van der Waals surface area contributed by atoms with Crippen molar-refractivity contribution >= 4 is 12.4 Å². The van der Waals surface area contributed by atoms with Crippen LogP contribution in [0.4, 0.5) is 8.78 Å². The highest BCUT2D eigenvalue weighted by molar-refractivity contribution is 5.85. The van der Waals surface area contributed by atoms with Gasteiger partial charge in [0.05, 0.1) is 12.1 Å². The molecule has 92 valence electrons. The van der Waals surface area contributed by atoms with Crippen molar-refractivity contribution in [2.75, 3.05) is 0 Å². The summed E-state index contributed by atoms with van der Waals surface area (Å²) >= 11 is 0. The second kappa shape index (κ2) is 6.13. The summed E-state index contributed by atoms with van der Waals surface area (Å²) in [5.41, 5.74) is 5.68. The van der Waals surface area contributed by atoms with Crippen LogP contribution in [0.3, 0.4) is 0 Å². The summed E-state index contributed by atoms with van der Waals surface area (Å²) in [5, 5.41) is 9.46. The highest BCUT2D eigenvalue weighted by atomic mass is 35.5. The number of nitrogens with two attached hydrogens (primary N) is 1. The number of benzene rings is 1. The second-order valence-corrected chi connectivity index (χ2v) is 3.59. The van der Waals surface area contributed by atoms with E-state index >= 15 is 0 Å². The first-order chi connectivity index (χ1) is 6.99. The second-order valence-electron chi connectivity index (χ2n) is 3.59. The van der Waals surface area contributed by atoms with Gasteiger partial charge in [0, 0.05) is 5.56 Å². The van der Waals surface area contributed by atoms with E-state index in [9.17, 15) is 13.9 Å². The van der Waals surface area contributed by atoms with Crippen LogP contribution in [0.25, 0.3) is 0 Å². The maximum Gasteiger partial charge on any atom is 0.133 e. The molecule has 0 aromatic heterocycles. The van der Waals surface area contributed by atoms with Crippen LogP contribution < -0.4 is 5.73 Å². The van der Waals surface area contributed by atoms with Crippen LogP contribution in [-0.2, 0) is 0 Å². The molecule has 5 heteroatoms. The van der Waals surface area contributed by atoms with Crippen LogP contribution in [0.5, 0.6) is 0 Å². The number of rotatable bonds is 3. The predicted octanol–water partition coefficient (Wildman–Crippen LogP) is 2.47. The van der Waals surface area contributed by atoms with Crippen molar-refractivity contribution in [3.63, 3.8) is 0 Å². The zero-order chi connectivity index (χ0) is 11.6. The van der Waals surface area contributed by atoms with E-state index in [0.29, 0.717) is 12.0 Å². The summed E-state index contributed by atoms with van der Waals surface area (Å²) in [6.07, 6.45) is -0.579. The summed E-state index contributed by atoms with van der Waals surface area (Å²) in [6.45, 7) is 3.24. The van der Waals surface area contributed by atoms with Gasteiger partial charge in [-0.2, -0.15) is 0 Å². The maximum atomic E-state index is 13.6. The molecule has 0 radical (unpaired) electrons. The largest absolute Gasteiger partial charge is 0.391 e. The minimum Gasteiger partial charge on any atom is -0.391 e. The van der Waals surface area contributed by atoms with Gasteiger partial charge in [0.2, 0.25) is 0 Å². The molecule has 0 heterocycles. The van der Waals surface area contributed by atoms with Crippen molar-refractivity contribution in [3.05, 3.63) is 34.9 Å². The molecule has 3 N–H and O–H groups in total. The Morgan fingerprint density at radius 2 is 1.94 bits per heavy atom. The van der Waals surface area contributed by atoms with Gasteiger partial charge in [-0.25, -0.2) is 8.78 Å². The molecular weight excluding hydrogens is 236 g/mol. The molecule has 1 aromatic carbocycles. The molecule has 0 saturated heterocycles. The molecule has 0 amide bonds. The lowest BCUT2D eigenvalue weighted by Crippen LogP contribution is -2.27. The summed E-state index contributed by atoms with van der Waals surface area (Å²) < 4.78 is 26.9. The third kappa shape index (κ3) is 2.90. The Morgan fingerprint density at radius 3 is 2.44 bits per heavy atom. The number of aryl methyl sites for hydroxylation is 1. The quantitative estimate of drug-likeness (QED) is 0.867. The highest BCUT2D eigenvalue weighted by Gasteiger charge is 2.23. The number of hydrogen-bond donors (Lipinski definition) is 2. The first-order valence-corrected chi connectivity index (χ1v) is 4.87. The third-order valence-corrected chi connectivity index (χ3v) is 2.49. The van der Waals surface area contributed by atoms with Gasteiger partial charge in [0.15, 0.2) is 0 Å². The molecule has 0 spiro atoms. The van der Waals surface area contributed by atoms with E-state index in [1.54, 1.807) is 6.92 Å². The van der Waals surface area contributed by atoms with Crippen molar-refractivity contribution in [2.24, 2.45) is 5.73 Å². The number of hydrogen-bond acceptors (Lipinski definition) is 2. The van der Waals surface area contributed by atoms with E-state index < -0.39 is 23.8 Å². The molecule has 0 fully saturated rings. The van der Waals surface area contributed by atoms with Crippen LogP contribution in [0.2, 0.25) is 0 Å². The summed E-state index contributed by atoms with van der Waals surface area (Å²) in [4.78, 5) is 0. The minimum atomic E-state index is -1.02. The lowest BCUT2D eigenvalue weighted by atomic mass is 9.97. The van der Waals surface area contributed by atoms with E-state index in [2.05, 4.69) is 0 Å². The Hall–Kier alpha value is -0.710. The van der Waals surface area contributed by atoms with Crippen LogP contribution in [0.15, 0.2) is 12.1 Å². The van der Waals surface area contributed by atoms with Crippen molar-refractivity contribution < 1.29 is 13.9 Å². The number of halogens is 3. The molecule has 0 saturated carbocycles. The Labute approximate surface area is 99.9 Å². The molecule has 2 nitrogen and oxygen atoms in total. The van der Waals surface area contributed by atoms with Gasteiger partial charge in [0.25, 0.3) is 0 Å². The Morgan fingerprint density at radius 1 is 1.38 bits per heavy atom. The lowest BCUT2D eigenvalue weighted by Gasteiger charge is -2.19. The standard InChI is InChI=1S/C11H15F2NO.ClH/c1-3-8(15)11(14)9-7(12)5-4-6(2)10(9)13;/h4-5,8,11,15H,3,14H2,1-2H3;1H/t8-,11-;/m0./s1. The smallest absolute Gasteiger partial charge is 0.133 e. The minimum absolute atomic E-state index is 0. The average molecular weight is 252 g/mol. The summed E-state index contributed by atoms with van der Waals surface area (Å²) in [5.74, 6) is -1.38. The van der Waals surface area contributed by atoms with Gasteiger partial charge in [-0.05, 0) is 25.0 Å². The molecule has 1 aromatic rings. The zero-order valence-corrected chi connectivity index (χ0v) is 10.0. The lowest BCUT2D eigenvalue weighted by molar-refractivity contribution is 0.137. The van der Waals surface area contributed by atoms with Crippen molar-refractivity contribution in [1.82, 2.24) is 0 Å². The molecule has 1 rings (SSSR count). The molecule has 0 aliphatic heterocycles. The van der Waals surface area contributed by atoms with E-state index in [1.807, 2.05) is 0 Å². The summed E-state index contributed by atoms with van der Waals surface area (Å²) in [6, 6.07) is 1.49. The van der Waals surface area contributed by atoms with Crippen molar-refractivity contribution in [2.45, 2.75) is 32.4 Å². The molecule has 0 aliphatic rings. The fourth-order valence-corrected chi connectivity index (χ4v) is 1.43. The van der Waals surface area contributed by atoms with Crippen LogP contribution in [-0.4, -0.2) is 11.2 Å². The first-order valence-electron chi connectivity index (χ1n) is 4.87. The molecule has 16 heavy (non-hydrogen) atoms. The van der Waals surface area contributed by atoms with Crippen LogP contribution >= 0.6 is 12.4 Å².